The molecule has 1 atom stereocenters. The molecule has 200 valence electrons. The van der Waals surface area contributed by atoms with Crippen LogP contribution in [-0.4, -0.2) is 35.7 Å². The summed E-state index contributed by atoms with van der Waals surface area (Å²) in [6, 6.07) is 12.3. The molecular weight excluding hydrogens is 568 g/mol. The maximum absolute atomic E-state index is 13.6. The minimum absolute atomic E-state index is 0.0624. The molecule has 0 saturated carbocycles. The Labute approximate surface area is 228 Å². The van der Waals surface area contributed by atoms with E-state index in [1.54, 1.807) is 50.2 Å². The zero-order valence-corrected chi connectivity index (χ0v) is 22.1. The lowest BCUT2D eigenvalue weighted by Gasteiger charge is -2.19. The number of ether oxygens (including phenoxy) is 1. The quantitative estimate of drug-likeness (QED) is 0.219. The number of fused-ring (bicyclic) bond motifs is 1. The second kappa shape index (κ2) is 12.1. The fraction of sp³-hybridized carbons (Fsp3) is 0.200. The van der Waals surface area contributed by atoms with Gasteiger partial charge in [0.25, 0.3) is 0 Å². The van der Waals surface area contributed by atoms with Gasteiger partial charge >= 0.3 is 23.7 Å². The van der Waals surface area contributed by atoms with Gasteiger partial charge in [0.2, 0.25) is 0 Å². The first-order valence-corrected chi connectivity index (χ1v) is 12.3. The smallest absolute Gasteiger partial charge is 0.416 e. The molecule has 0 aliphatic heterocycles. The van der Waals surface area contributed by atoms with Gasteiger partial charge in [0.1, 0.15) is 11.3 Å². The molecule has 7 nitrogen and oxygen atoms in total. The number of rotatable bonds is 5. The van der Waals surface area contributed by atoms with Crippen molar-refractivity contribution in [2.45, 2.75) is 26.1 Å². The Bertz CT molecular complexity index is 1520. The number of benzene rings is 2. The highest BCUT2D eigenvalue weighted by molar-refractivity contribution is 7.51. The van der Waals surface area contributed by atoms with E-state index in [0.29, 0.717) is 16.6 Å². The molecule has 2 aromatic heterocycles. The Morgan fingerprint density at radius 3 is 2.37 bits per heavy atom. The molecule has 13 heteroatoms. The fourth-order valence-corrected chi connectivity index (χ4v) is 4.56. The van der Waals surface area contributed by atoms with Gasteiger partial charge in [0.05, 0.1) is 34.0 Å². The Balaban J connectivity index is 0.00000127. The molecule has 0 spiro atoms. The topological polar surface area (TPSA) is 98.5 Å². The second-order valence-corrected chi connectivity index (χ2v) is 8.72. The minimum atomic E-state index is -4.56. The summed E-state index contributed by atoms with van der Waals surface area (Å²) in [5.41, 5.74) is 0.337. The normalized spacial score (nSPS) is 12.0. The van der Waals surface area contributed by atoms with E-state index >= 15 is 0 Å². The number of esters is 1. The van der Waals surface area contributed by atoms with Gasteiger partial charge in [-0.2, -0.15) is 21.6 Å². The van der Waals surface area contributed by atoms with Crippen LogP contribution in [0, 0.1) is 6.92 Å². The molecule has 0 radical (unpaired) electrons. The number of aliphatic hydroxyl groups excluding tert-OH is 1. The maximum atomic E-state index is 13.6. The van der Waals surface area contributed by atoms with Crippen molar-refractivity contribution in [3.63, 3.8) is 0 Å². The zero-order valence-electron chi connectivity index (χ0n) is 19.8. The van der Waals surface area contributed by atoms with E-state index in [1.165, 1.54) is 4.57 Å². The predicted octanol–water partition coefficient (Wildman–Crippen LogP) is 6.25. The van der Waals surface area contributed by atoms with E-state index in [2.05, 4.69) is 4.98 Å². The lowest BCUT2D eigenvalue weighted by atomic mass is 10.0. The summed E-state index contributed by atoms with van der Waals surface area (Å²) in [5.74, 6) is -0.746. The monoisotopic (exact) mass is 586 g/mol. The van der Waals surface area contributed by atoms with Crippen LogP contribution in [0.25, 0.3) is 16.6 Å². The van der Waals surface area contributed by atoms with Crippen molar-refractivity contribution in [2.24, 2.45) is 0 Å². The molecule has 1 N–H and O–H groups in total. The van der Waals surface area contributed by atoms with Crippen LogP contribution >= 0.6 is 23.2 Å². The lowest BCUT2D eigenvalue weighted by molar-refractivity contribution is -0.137. The average Bonchev–Trinajstić information content (AvgIpc) is 3.25. The maximum Gasteiger partial charge on any atom is 0.416 e. The van der Waals surface area contributed by atoms with E-state index in [4.69, 9.17) is 36.4 Å². The minimum Gasteiger partial charge on any atom is -0.462 e. The first kappa shape index (κ1) is 29.3. The summed E-state index contributed by atoms with van der Waals surface area (Å²) >= 11 is 12.0. The van der Waals surface area contributed by atoms with E-state index < -0.39 is 35.4 Å². The largest absolute Gasteiger partial charge is 0.462 e. The summed E-state index contributed by atoms with van der Waals surface area (Å²) in [5, 5.41) is 11.6. The second-order valence-electron chi connectivity index (χ2n) is 7.85. The molecule has 0 saturated heterocycles. The number of aromatic nitrogens is 2. The SMILES string of the molecule is CCOC(=O)c1cnc(Cl)c(C(O)c2cc3c(C)cc(C(F)(F)F)cc3n2-c2ccccc2)c1Cl.O=S=O. The van der Waals surface area contributed by atoms with Crippen LogP contribution in [0.2, 0.25) is 10.2 Å². The van der Waals surface area contributed by atoms with Gasteiger partial charge in [-0.15, -0.1) is 0 Å². The van der Waals surface area contributed by atoms with Crippen molar-refractivity contribution < 1.29 is 36.2 Å². The average molecular weight is 587 g/mol. The zero-order chi connectivity index (χ0) is 28.2. The third kappa shape index (κ3) is 5.91. The number of pyridine rings is 1. The Hall–Kier alpha value is -3.25. The number of hydrogen-bond acceptors (Lipinski definition) is 6. The summed E-state index contributed by atoms with van der Waals surface area (Å²) < 4.78 is 63.9. The molecular formula is C25H19Cl2F3N2O5S. The first-order chi connectivity index (χ1) is 18.0. The van der Waals surface area contributed by atoms with Crippen LogP contribution in [0.15, 0.2) is 54.7 Å². The summed E-state index contributed by atoms with van der Waals surface area (Å²) in [4.78, 5) is 16.3. The Kier molecular flexibility index (Phi) is 9.31. The van der Waals surface area contributed by atoms with Gasteiger partial charge < -0.3 is 14.4 Å². The molecule has 4 rings (SSSR count). The van der Waals surface area contributed by atoms with E-state index in [9.17, 15) is 23.1 Å². The van der Waals surface area contributed by atoms with Gasteiger partial charge in [0, 0.05) is 22.8 Å². The highest BCUT2D eigenvalue weighted by atomic mass is 35.5. The van der Waals surface area contributed by atoms with Crippen LogP contribution in [0.1, 0.15) is 45.8 Å². The standard InChI is InChI=1S/C25H19Cl2F3N2O3.O2S/c1-3-35-24(34)17-12-31-23(27)20(21(17)26)22(33)19-11-16-13(2)9-14(25(28,29)30)10-18(16)32(19)15-7-5-4-6-8-15;1-3-2/h4-12,22,33H,3H2,1-2H3;. The predicted molar refractivity (Wildman–Crippen MR) is 136 cm³/mol. The van der Waals surface area contributed by atoms with Crippen molar-refractivity contribution in [3.8, 4) is 5.69 Å². The van der Waals surface area contributed by atoms with Crippen molar-refractivity contribution >= 4 is 51.6 Å². The summed E-state index contributed by atoms with van der Waals surface area (Å²) in [6.45, 7) is 3.28. The Morgan fingerprint density at radius 2 is 1.79 bits per heavy atom. The van der Waals surface area contributed by atoms with Crippen LogP contribution in [-0.2, 0) is 22.5 Å². The molecule has 4 aromatic rings. The van der Waals surface area contributed by atoms with Crippen molar-refractivity contribution in [1.29, 1.82) is 0 Å². The summed E-state index contributed by atoms with van der Waals surface area (Å²) in [7, 11) is 0. The number of aryl methyl sites for hydroxylation is 1. The number of carbonyl (C=O) groups excluding carboxylic acids is 1. The molecule has 2 heterocycles. The van der Waals surface area contributed by atoms with Gasteiger partial charge in [-0.25, -0.2) is 9.78 Å². The fourth-order valence-electron chi connectivity index (χ4n) is 3.95. The third-order valence-electron chi connectivity index (χ3n) is 5.55. The molecule has 0 fully saturated rings. The van der Waals surface area contributed by atoms with Crippen LogP contribution < -0.4 is 0 Å². The van der Waals surface area contributed by atoms with Gasteiger partial charge in [-0.3, -0.25) is 0 Å². The van der Waals surface area contributed by atoms with Gasteiger partial charge in [-0.05, 0) is 49.7 Å². The molecule has 0 bridgehead atoms. The third-order valence-corrected chi connectivity index (χ3v) is 6.26. The summed E-state index contributed by atoms with van der Waals surface area (Å²) in [6.07, 6.45) is -4.95. The number of carbonyl (C=O) groups is 1. The molecule has 1 unspecified atom stereocenters. The Morgan fingerprint density at radius 1 is 1.16 bits per heavy atom. The van der Waals surface area contributed by atoms with E-state index in [-0.39, 0.29) is 39.1 Å². The van der Waals surface area contributed by atoms with Crippen molar-refractivity contribution in [1.82, 2.24) is 9.55 Å². The molecule has 38 heavy (non-hydrogen) atoms. The molecule has 2 aromatic carbocycles. The van der Waals surface area contributed by atoms with Gasteiger partial charge in [-0.1, -0.05) is 41.4 Å². The number of hydrogen-bond donors (Lipinski definition) is 1. The molecule has 0 aliphatic rings. The van der Waals surface area contributed by atoms with Crippen LogP contribution in [0.3, 0.4) is 0 Å². The van der Waals surface area contributed by atoms with Crippen LogP contribution in [0.5, 0.6) is 0 Å². The number of alkyl halides is 3. The van der Waals surface area contributed by atoms with E-state index in [1.807, 2.05) is 0 Å². The highest BCUT2D eigenvalue weighted by Crippen LogP contribution is 2.41. The number of aliphatic hydroxyl groups is 1. The van der Waals surface area contributed by atoms with E-state index in [0.717, 1.165) is 18.3 Å². The number of nitrogens with zero attached hydrogens (tertiary/aromatic N) is 2. The first-order valence-electron chi connectivity index (χ1n) is 10.9. The molecule has 0 aliphatic carbocycles. The lowest BCUT2D eigenvalue weighted by Crippen LogP contribution is -2.13. The van der Waals surface area contributed by atoms with Crippen LogP contribution in [0.4, 0.5) is 13.2 Å². The van der Waals surface area contributed by atoms with Crippen molar-refractivity contribution in [3.05, 3.63) is 92.9 Å². The highest BCUT2D eigenvalue weighted by Gasteiger charge is 2.33. The van der Waals surface area contributed by atoms with Crippen molar-refractivity contribution in [2.75, 3.05) is 6.61 Å². The molecule has 0 amide bonds. The van der Waals surface area contributed by atoms with Gasteiger partial charge in [0.15, 0.2) is 0 Å². The number of halogens is 5. The number of para-hydroxylation sites is 1.